The third-order valence-corrected chi connectivity index (χ3v) is 5.03. The van der Waals surface area contributed by atoms with Gasteiger partial charge in [-0.1, -0.05) is 36.4 Å². The van der Waals surface area contributed by atoms with Crippen LogP contribution in [0.15, 0.2) is 75.9 Å². The molecule has 0 atom stereocenters. The molecule has 156 valence electrons. The second-order valence-electron chi connectivity index (χ2n) is 6.92. The van der Waals surface area contributed by atoms with Crippen LogP contribution >= 0.6 is 0 Å². The first-order valence-corrected chi connectivity index (χ1v) is 9.73. The molecule has 0 bridgehead atoms. The maximum absolute atomic E-state index is 12.6. The predicted molar refractivity (Wildman–Crippen MR) is 123 cm³/mol. The fourth-order valence-electron chi connectivity index (χ4n) is 3.36. The fraction of sp³-hybridized carbons (Fsp3) is 0.115. The Balaban J connectivity index is 1.70. The van der Waals surface area contributed by atoms with E-state index in [1.165, 1.54) is 0 Å². The van der Waals surface area contributed by atoms with Gasteiger partial charge >= 0.3 is 5.63 Å². The summed E-state index contributed by atoms with van der Waals surface area (Å²) in [6.07, 6.45) is 4.04. The summed E-state index contributed by atoms with van der Waals surface area (Å²) in [5, 5.41) is 0.835. The van der Waals surface area contributed by atoms with Crippen molar-refractivity contribution in [2.24, 2.45) is 0 Å². The van der Waals surface area contributed by atoms with E-state index in [4.69, 9.17) is 18.6 Å². The van der Waals surface area contributed by atoms with Crippen molar-refractivity contribution in [3.8, 4) is 28.4 Å². The highest BCUT2D eigenvalue weighted by Crippen LogP contribution is 2.32. The molecule has 0 saturated heterocycles. The molecule has 0 amide bonds. The first-order valence-electron chi connectivity index (χ1n) is 9.73. The van der Waals surface area contributed by atoms with Gasteiger partial charge in [-0.05, 0) is 59.2 Å². The molecule has 4 aromatic rings. The van der Waals surface area contributed by atoms with E-state index in [1.54, 1.807) is 33.5 Å². The summed E-state index contributed by atoms with van der Waals surface area (Å²) in [4.78, 5) is 12.6. The molecule has 0 radical (unpaired) electrons. The van der Waals surface area contributed by atoms with E-state index < -0.39 is 5.63 Å². The molecule has 0 saturated carbocycles. The van der Waals surface area contributed by atoms with Gasteiger partial charge in [0.15, 0.2) is 11.5 Å². The van der Waals surface area contributed by atoms with E-state index in [0.29, 0.717) is 28.2 Å². The Morgan fingerprint density at radius 2 is 1.42 bits per heavy atom. The van der Waals surface area contributed by atoms with Crippen molar-refractivity contribution in [2.45, 2.75) is 0 Å². The van der Waals surface area contributed by atoms with Crippen molar-refractivity contribution in [2.75, 3.05) is 21.3 Å². The molecule has 0 aliphatic carbocycles. The van der Waals surface area contributed by atoms with Crippen LogP contribution in [0, 0.1) is 0 Å². The van der Waals surface area contributed by atoms with Crippen molar-refractivity contribution in [1.82, 2.24) is 0 Å². The summed E-state index contributed by atoms with van der Waals surface area (Å²) >= 11 is 0. The highest BCUT2D eigenvalue weighted by molar-refractivity contribution is 5.85. The summed E-state index contributed by atoms with van der Waals surface area (Å²) < 4.78 is 21.4. The highest BCUT2D eigenvalue weighted by atomic mass is 16.5. The predicted octanol–water partition coefficient (Wildman–Crippen LogP) is 5.66. The minimum absolute atomic E-state index is 0.402. The second kappa shape index (κ2) is 8.79. The van der Waals surface area contributed by atoms with E-state index in [1.807, 2.05) is 66.7 Å². The molecule has 4 rings (SSSR count). The van der Waals surface area contributed by atoms with Crippen LogP contribution in [0.1, 0.15) is 11.1 Å². The lowest BCUT2D eigenvalue weighted by Gasteiger charge is -2.09. The first kappa shape index (κ1) is 20.3. The van der Waals surface area contributed by atoms with Crippen LogP contribution in [0.4, 0.5) is 0 Å². The van der Waals surface area contributed by atoms with Crippen LogP contribution in [0.2, 0.25) is 0 Å². The Hall–Kier alpha value is -3.99. The summed E-state index contributed by atoms with van der Waals surface area (Å²) in [7, 11) is 4.78. The molecule has 5 heteroatoms. The van der Waals surface area contributed by atoms with Gasteiger partial charge < -0.3 is 18.6 Å². The Bertz CT molecular complexity index is 1300. The molecule has 1 aromatic heterocycles. The minimum Gasteiger partial charge on any atom is -0.497 e. The fourth-order valence-corrected chi connectivity index (χ4v) is 3.36. The van der Waals surface area contributed by atoms with E-state index in [9.17, 15) is 4.79 Å². The Labute approximate surface area is 180 Å². The van der Waals surface area contributed by atoms with E-state index in [0.717, 1.165) is 22.3 Å². The van der Waals surface area contributed by atoms with Crippen LogP contribution < -0.4 is 19.8 Å². The van der Waals surface area contributed by atoms with Crippen molar-refractivity contribution in [3.63, 3.8) is 0 Å². The lowest BCUT2D eigenvalue weighted by atomic mass is 10.0. The van der Waals surface area contributed by atoms with Gasteiger partial charge in [-0.3, -0.25) is 0 Å². The second-order valence-corrected chi connectivity index (χ2v) is 6.92. The highest BCUT2D eigenvalue weighted by Gasteiger charge is 2.11. The normalized spacial score (nSPS) is 11.1. The Kier molecular flexibility index (Phi) is 5.76. The van der Waals surface area contributed by atoms with Crippen LogP contribution in [0.25, 0.3) is 34.2 Å². The SMILES string of the molecule is COc1ccc(/C=C/c2ccc3oc(=O)c(-c4ccc(OC)c(OC)c4)cc3c2)cc1. The number of hydrogen-bond donors (Lipinski definition) is 0. The zero-order chi connectivity index (χ0) is 21.8. The van der Waals surface area contributed by atoms with Crippen molar-refractivity contribution in [3.05, 3.63) is 88.3 Å². The van der Waals surface area contributed by atoms with Gasteiger partial charge in [-0.25, -0.2) is 4.79 Å². The molecular formula is C26H22O5. The van der Waals surface area contributed by atoms with Crippen LogP contribution in [-0.4, -0.2) is 21.3 Å². The molecule has 0 aliphatic heterocycles. The summed E-state index contributed by atoms with van der Waals surface area (Å²) in [5.41, 5.74) is 3.36. The molecule has 31 heavy (non-hydrogen) atoms. The summed E-state index contributed by atoms with van der Waals surface area (Å²) in [6, 6.07) is 20.7. The molecule has 0 unspecified atom stereocenters. The number of hydrogen-bond acceptors (Lipinski definition) is 5. The molecule has 0 fully saturated rings. The van der Waals surface area contributed by atoms with Gasteiger partial charge in [-0.2, -0.15) is 0 Å². The van der Waals surface area contributed by atoms with Gasteiger partial charge in [-0.15, -0.1) is 0 Å². The molecule has 1 heterocycles. The first-order chi connectivity index (χ1) is 15.1. The van der Waals surface area contributed by atoms with Gasteiger partial charge in [0, 0.05) is 5.39 Å². The zero-order valence-corrected chi connectivity index (χ0v) is 17.5. The zero-order valence-electron chi connectivity index (χ0n) is 17.5. The average molecular weight is 414 g/mol. The Morgan fingerprint density at radius 1 is 0.710 bits per heavy atom. The van der Waals surface area contributed by atoms with Crippen LogP contribution in [0.3, 0.4) is 0 Å². The van der Waals surface area contributed by atoms with E-state index in [-0.39, 0.29) is 0 Å². The topological polar surface area (TPSA) is 57.9 Å². The maximum atomic E-state index is 12.6. The maximum Gasteiger partial charge on any atom is 0.344 e. The molecule has 0 spiro atoms. The summed E-state index contributed by atoms with van der Waals surface area (Å²) in [6.45, 7) is 0. The van der Waals surface area contributed by atoms with Gasteiger partial charge in [0.25, 0.3) is 0 Å². The lowest BCUT2D eigenvalue weighted by Crippen LogP contribution is -2.03. The smallest absolute Gasteiger partial charge is 0.344 e. The largest absolute Gasteiger partial charge is 0.497 e. The lowest BCUT2D eigenvalue weighted by molar-refractivity contribution is 0.355. The third-order valence-electron chi connectivity index (χ3n) is 5.03. The number of rotatable bonds is 6. The number of methoxy groups -OCH3 is 3. The van der Waals surface area contributed by atoms with Crippen LogP contribution in [0.5, 0.6) is 17.2 Å². The van der Waals surface area contributed by atoms with E-state index >= 15 is 0 Å². The molecule has 0 N–H and O–H groups in total. The Morgan fingerprint density at radius 3 is 2.13 bits per heavy atom. The average Bonchev–Trinajstić information content (AvgIpc) is 2.82. The number of fused-ring (bicyclic) bond motifs is 1. The monoisotopic (exact) mass is 414 g/mol. The molecule has 0 aliphatic rings. The molecule has 3 aromatic carbocycles. The van der Waals surface area contributed by atoms with Crippen molar-refractivity contribution in [1.29, 1.82) is 0 Å². The molecule has 5 nitrogen and oxygen atoms in total. The third kappa shape index (κ3) is 4.31. The van der Waals surface area contributed by atoms with Crippen molar-refractivity contribution >= 4 is 23.1 Å². The van der Waals surface area contributed by atoms with Gasteiger partial charge in [0.1, 0.15) is 11.3 Å². The van der Waals surface area contributed by atoms with Gasteiger partial charge in [0.05, 0.1) is 26.9 Å². The standard InChI is InChI=1S/C26H22O5/c1-28-21-10-6-17(7-11-21)4-5-18-8-12-23-20(14-18)15-22(26(27)31-23)19-9-13-24(29-2)25(16-19)30-3/h4-16H,1-3H3/b5-4+. The number of benzene rings is 3. The molecular weight excluding hydrogens is 392 g/mol. The van der Waals surface area contributed by atoms with Crippen LogP contribution in [-0.2, 0) is 0 Å². The van der Waals surface area contributed by atoms with E-state index in [2.05, 4.69) is 0 Å². The quantitative estimate of drug-likeness (QED) is 0.301. The van der Waals surface area contributed by atoms with Crippen molar-refractivity contribution < 1.29 is 18.6 Å². The minimum atomic E-state index is -0.402. The van der Waals surface area contributed by atoms with Gasteiger partial charge in [0.2, 0.25) is 0 Å². The number of ether oxygens (including phenoxy) is 3. The summed E-state index contributed by atoms with van der Waals surface area (Å²) in [5.74, 6) is 1.97.